The van der Waals surface area contributed by atoms with Crippen LogP contribution in [-0.4, -0.2) is 26.2 Å². The molecule has 0 unspecified atom stereocenters. The van der Waals surface area contributed by atoms with Crippen molar-refractivity contribution < 1.29 is 0 Å². The van der Waals surface area contributed by atoms with E-state index in [9.17, 15) is 0 Å². The number of nitrogens with one attached hydrogen (secondary N) is 1. The molecule has 2 heterocycles. The van der Waals surface area contributed by atoms with Crippen molar-refractivity contribution in [2.75, 3.05) is 31.1 Å². The summed E-state index contributed by atoms with van der Waals surface area (Å²) < 4.78 is 0. The van der Waals surface area contributed by atoms with Crippen LogP contribution >= 0.6 is 0 Å². The first-order chi connectivity index (χ1) is 7.69. The molecule has 2 aliphatic rings. The third kappa shape index (κ3) is 1.52. The smallest absolute Gasteiger partial charge is 0.0398 e. The third-order valence-electron chi connectivity index (χ3n) is 4.14. The van der Waals surface area contributed by atoms with E-state index in [4.69, 9.17) is 0 Å². The monoisotopic (exact) mass is 216 g/mol. The van der Waals surface area contributed by atoms with Gasteiger partial charge in [0.1, 0.15) is 0 Å². The van der Waals surface area contributed by atoms with Gasteiger partial charge < -0.3 is 10.2 Å². The molecule has 3 rings (SSSR count). The van der Waals surface area contributed by atoms with E-state index < -0.39 is 0 Å². The third-order valence-corrected chi connectivity index (χ3v) is 4.14. The lowest BCUT2D eigenvalue weighted by molar-refractivity contribution is 0.200. The Morgan fingerprint density at radius 1 is 1.25 bits per heavy atom. The molecule has 16 heavy (non-hydrogen) atoms. The van der Waals surface area contributed by atoms with Gasteiger partial charge >= 0.3 is 0 Å². The topological polar surface area (TPSA) is 15.3 Å². The fraction of sp³-hybridized carbons (Fsp3) is 0.571. The molecule has 1 N–H and O–H groups in total. The summed E-state index contributed by atoms with van der Waals surface area (Å²) in [6, 6.07) is 6.78. The first-order valence-electron chi connectivity index (χ1n) is 6.22. The van der Waals surface area contributed by atoms with Crippen molar-refractivity contribution in [2.24, 2.45) is 5.41 Å². The number of rotatable bonds is 1. The van der Waals surface area contributed by atoms with Crippen LogP contribution in [0.15, 0.2) is 18.2 Å². The average molecular weight is 216 g/mol. The molecule has 2 aliphatic heterocycles. The van der Waals surface area contributed by atoms with Crippen LogP contribution in [0.4, 0.5) is 5.69 Å². The maximum atomic E-state index is 3.42. The molecule has 1 aromatic carbocycles. The van der Waals surface area contributed by atoms with Crippen LogP contribution in [0.1, 0.15) is 17.5 Å². The van der Waals surface area contributed by atoms with E-state index >= 15 is 0 Å². The molecule has 1 spiro atoms. The largest absolute Gasteiger partial charge is 0.371 e. The zero-order chi connectivity index (χ0) is 11.2. The molecule has 2 saturated heterocycles. The summed E-state index contributed by atoms with van der Waals surface area (Å²) in [5, 5.41) is 3.42. The molecule has 2 nitrogen and oxygen atoms in total. The van der Waals surface area contributed by atoms with Gasteiger partial charge in [0.25, 0.3) is 0 Å². The van der Waals surface area contributed by atoms with E-state index in [2.05, 4.69) is 42.3 Å². The van der Waals surface area contributed by atoms with Gasteiger partial charge in [0.15, 0.2) is 0 Å². The maximum absolute atomic E-state index is 3.42. The number of anilines is 1. The fourth-order valence-corrected chi connectivity index (χ4v) is 2.97. The Hall–Kier alpha value is -1.02. The zero-order valence-electron chi connectivity index (χ0n) is 10.2. The normalized spacial score (nSPS) is 22.5. The second-order valence-corrected chi connectivity index (χ2v) is 5.57. The van der Waals surface area contributed by atoms with Crippen molar-refractivity contribution in [3.8, 4) is 0 Å². The molecule has 0 bridgehead atoms. The van der Waals surface area contributed by atoms with Crippen molar-refractivity contribution in [1.29, 1.82) is 0 Å². The van der Waals surface area contributed by atoms with Gasteiger partial charge in [0, 0.05) is 37.3 Å². The highest BCUT2D eigenvalue weighted by molar-refractivity contribution is 5.56. The molecule has 86 valence electrons. The molecule has 1 aromatic rings. The Morgan fingerprint density at radius 2 is 2.06 bits per heavy atom. The van der Waals surface area contributed by atoms with E-state index in [0.717, 1.165) is 0 Å². The summed E-state index contributed by atoms with van der Waals surface area (Å²) in [6.45, 7) is 9.30. The number of hydrogen-bond acceptors (Lipinski definition) is 2. The fourth-order valence-electron chi connectivity index (χ4n) is 2.97. The summed E-state index contributed by atoms with van der Waals surface area (Å²) in [5.74, 6) is 0. The second kappa shape index (κ2) is 3.49. The van der Waals surface area contributed by atoms with Crippen molar-refractivity contribution in [2.45, 2.75) is 20.3 Å². The molecular formula is C14H20N2. The second-order valence-electron chi connectivity index (χ2n) is 5.57. The van der Waals surface area contributed by atoms with E-state index in [1.807, 2.05) is 0 Å². The predicted octanol–water partition coefficient (Wildman–Crippen LogP) is 2.10. The Kier molecular flexibility index (Phi) is 2.21. The van der Waals surface area contributed by atoms with E-state index in [1.54, 1.807) is 0 Å². The Balaban J connectivity index is 1.85. The van der Waals surface area contributed by atoms with Gasteiger partial charge in [-0.1, -0.05) is 12.1 Å². The molecule has 0 aromatic heterocycles. The van der Waals surface area contributed by atoms with Gasteiger partial charge in [-0.3, -0.25) is 0 Å². The summed E-state index contributed by atoms with van der Waals surface area (Å²) in [7, 11) is 0. The number of hydrogen-bond donors (Lipinski definition) is 1. The SMILES string of the molecule is Cc1ccc(C)c(N2CCC3(CNC3)C2)c1. The Labute approximate surface area is 97.6 Å². The van der Waals surface area contributed by atoms with Crippen LogP contribution in [0, 0.1) is 19.3 Å². The van der Waals surface area contributed by atoms with Crippen LogP contribution in [-0.2, 0) is 0 Å². The van der Waals surface area contributed by atoms with Crippen LogP contribution in [0.2, 0.25) is 0 Å². The van der Waals surface area contributed by atoms with Crippen LogP contribution in [0.25, 0.3) is 0 Å². The van der Waals surface area contributed by atoms with Gasteiger partial charge in [-0.25, -0.2) is 0 Å². The number of aryl methyl sites for hydroxylation is 2. The average Bonchev–Trinajstić information content (AvgIpc) is 2.66. The highest BCUT2D eigenvalue weighted by Gasteiger charge is 2.43. The minimum Gasteiger partial charge on any atom is -0.371 e. The highest BCUT2D eigenvalue weighted by atomic mass is 15.2. The molecule has 2 heteroatoms. The first kappa shape index (κ1) is 10.2. The molecular weight excluding hydrogens is 196 g/mol. The van der Waals surface area contributed by atoms with E-state index in [1.165, 1.54) is 49.4 Å². The van der Waals surface area contributed by atoms with Gasteiger partial charge in [-0.05, 0) is 37.5 Å². The van der Waals surface area contributed by atoms with Crippen LogP contribution < -0.4 is 10.2 Å². The lowest BCUT2D eigenvalue weighted by Crippen LogP contribution is -2.54. The summed E-state index contributed by atoms with van der Waals surface area (Å²) in [4.78, 5) is 2.57. The predicted molar refractivity (Wildman–Crippen MR) is 68.0 cm³/mol. The van der Waals surface area contributed by atoms with Gasteiger partial charge in [0.2, 0.25) is 0 Å². The maximum Gasteiger partial charge on any atom is 0.0398 e. The quantitative estimate of drug-likeness (QED) is 0.773. The minimum atomic E-state index is 0.593. The minimum absolute atomic E-state index is 0.593. The van der Waals surface area contributed by atoms with Crippen LogP contribution in [0.5, 0.6) is 0 Å². The van der Waals surface area contributed by atoms with E-state index in [0.29, 0.717) is 5.41 Å². The summed E-state index contributed by atoms with van der Waals surface area (Å²) >= 11 is 0. The van der Waals surface area contributed by atoms with Crippen LogP contribution in [0.3, 0.4) is 0 Å². The lowest BCUT2D eigenvalue weighted by atomic mass is 9.81. The lowest BCUT2D eigenvalue weighted by Gasteiger charge is -2.39. The Morgan fingerprint density at radius 3 is 2.69 bits per heavy atom. The molecule has 0 saturated carbocycles. The molecule has 0 aliphatic carbocycles. The number of nitrogens with zero attached hydrogens (tertiary/aromatic N) is 1. The van der Waals surface area contributed by atoms with Crippen molar-refractivity contribution >= 4 is 5.69 Å². The molecule has 0 radical (unpaired) electrons. The summed E-state index contributed by atoms with van der Waals surface area (Å²) in [5.41, 5.74) is 4.82. The molecule has 2 fully saturated rings. The Bertz CT molecular complexity index is 407. The standard InChI is InChI=1S/C14H20N2/c1-11-3-4-12(2)13(7-11)16-6-5-14(10-16)8-15-9-14/h3-4,7,15H,5-6,8-10H2,1-2H3. The van der Waals surface area contributed by atoms with Gasteiger partial charge in [-0.2, -0.15) is 0 Å². The van der Waals surface area contributed by atoms with Gasteiger partial charge in [0.05, 0.1) is 0 Å². The molecule has 0 atom stereocenters. The van der Waals surface area contributed by atoms with Crippen molar-refractivity contribution in [3.63, 3.8) is 0 Å². The summed E-state index contributed by atoms with van der Waals surface area (Å²) in [6.07, 6.45) is 1.35. The first-order valence-corrected chi connectivity index (χ1v) is 6.22. The molecule has 0 amide bonds. The number of benzene rings is 1. The van der Waals surface area contributed by atoms with E-state index in [-0.39, 0.29) is 0 Å². The van der Waals surface area contributed by atoms with Gasteiger partial charge in [-0.15, -0.1) is 0 Å². The van der Waals surface area contributed by atoms with Crippen molar-refractivity contribution in [3.05, 3.63) is 29.3 Å². The highest BCUT2D eigenvalue weighted by Crippen LogP contribution is 2.37. The van der Waals surface area contributed by atoms with Crippen molar-refractivity contribution in [1.82, 2.24) is 5.32 Å². The zero-order valence-corrected chi connectivity index (χ0v) is 10.2.